The SMILES string of the molecule is CCCCCC=CCC=CCC=CCCCCCOC(=O)c1cccnc1. The molecule has 27 heavy (non-hydrogen) atoms. The molecule has 148 valence electrons. The van der Waals surface area contributed by atoms with Crippen LogP contribution < -0.4 is 0 Å². The van der Waals surface area contributed by atoms with Crippen LogP contribution in [0.3, 0.4) is 0 Å². The number of rotatable bonds is 15. The van der Waals surface area contributed by atoms with Crippen molar-refractivity contribution in [2.45, 2.75) is 71.1 Å². The molecule has 0 radical (unpaired) electrons. The smallest absolute Gasteiger partial charge is 0.339 e. The van der Waals surface area contributed by atoms with Crippen molar-refractivity contribution >= 4 is 5.97 Å². The first-order chi connectivity index (χ1) is 13.3. The summed E-state index contributed by atoms with van der Waals surface area (Å²) in [4.78, 5) is 15.6. The molecule has 1 rings (SSSR count). The number of hydrogen-bond donors (Lipinski definition) is 0. The Bertz CT molecular complexity index is 561. The second kappa shape index (κ2) is 17.3. The number of carbonyl (C=O) groups is 1. The van der Waals surface area contributed by atoms with Crippen molar-refractivity contribution < 1.29 is 9.53 Å². The first-order valence-electron chi connectivity index (χ1n) is 10.4. The zero-order valence-electron chi connectivity index (χ0n) is 16.8. The Morgan fingerprint density at radius 1 is 0.926 bits per heavy atom. The minimum Gasteiger partial charge on any atom is -0.462 e. The quantitative estimate of drug-likeness (QED) is 0.193. The van der Waals surface area contributed by atoms with Crippen molar-refractivity contribution in [3.05, 3.63) is 66.5 Å². The van der Waals surface area contributed by atoms with E-state index in [-0.39, 0.29) is 5.97 Å². The number of nitrogens with zero attached hydrogens (tertiary/aromatic N) is 1. The summed E-state index contributed by atoms with van der Waals surface area (Å²) in [6, 6.07) is 3.46. The van der Waals surface area contributed by atoms with Gasteiger partial charge in [0.25, 0.3) is 0 Å². The second-order valence-corrected chi connectivity index (χ2v) is 6.61. The monoisotopic (exact) mass is 369 g/mol. The Morgan fingerprint density at radius 3 is 2.22 bits per heavy atom. The molecular formula is C24H35NO2. The summed E-state index contributed by atoms with van der Waals surface area (Å²) in [7, 11) is 0. The molecule has 1 aromatic heterocycles. The standard InChI is InChI=1S/C24H35NO2/c1-2-3-4-5-6-7-8-9-10-11-12-13-14-15-16-17-21-27-24(26)23-19-18-20-25-22-23/h6-7,9-10,12-13,18-20,22H,2-5,8,11,14-17,21H2,1H3. The summed E-state index contributed by atoms with van der Waals surface area (Å²) < 4.78 is 5.24. The summed E-state index contributed by atoms with van der Waals surface area (Å²) >= 11 is 0. The molecule has 0 spiro atoms. The van der Waals surface area contributed by atoms with Gasteiger partial charge in [-0.15, -0.1) is 0 Å². The molecule has 1 aromatic rings. The van der Waals surface area contributed by atoms with E-state index < -0.39 is 0 Å². The molecule has 0 aliphatic rings. The van der Waals surface area contributed by atoms with E-state index in [2.05, 4.69) is 48.4 Å². The van der Waals surface area contributed by atoms with E-state index in [1.807, 2.05) is 0 Å². The Labute approximate surface area is 165 Å². The van der Waals surface area contributed by atoms with Gasteiger partial charge in [-0.25, -0.2) is 4.79 Å². The van der Waals surface area contributed by atoms with Crippen LogP contribution >= 0.6 is 0 Å². The average Bonchev–Trinajstić information content (AvgIpc) is 2.70. The van der Waals surface area contributed by atoms with Crippen molar-refractivity contribution in [2.75, 3.05) is 6.61 Å². The molecular weight excluding hydrogens is 334 g/mol. The highest BCUT2D eigenvalue weighted by Crippen LogP contribution is 2.05. The highest BCUT2D eigenvalue weighted by atomic mass is 16.5. The fourth-order valence-electron chi connectivity index (χ4n) is 2.56. The number of unbranched alkanes of at least 4 members (excludes halogenated alkanes) is 6. The largest absolute Gasteiger partial charge is 0.462 e. The number of hydrogen-bond acceptors (Lipinski definition) is 3. The van der Waals surface area contributed by atoms with Crippen LogP contribution in [0.5, 0.6) is 0 Å². The van der Waals surface area contributed by atoms with E-state index >= 15 is 0 Å². The lowest BCUT2D eigenvalue weighted by molar-refractivity contribution is 0.0497. The molecule has 0 N–H and O–H groups in total. The van der Waals surface area contributed by atoms with E-state index in [1.54, 1.807) is 18.3 Å². The van der Waals surface area contributed by atoms with Crippen molar-refractivity contribution in [2.24, 2.45) is 0 Å². The maximum absolute atomic E-state index is 11.7. The third-order valence-electron chi connectivity index (χ3n) is 4.16. The minimum atomic E-state index is -0.286. The van der Waals surface area contributed by atoms with Crippen molar-refractivity contribution in [3.8, 4) is 0 Å². The number of pyridine rings is 1. The van der Waals surface area contributed by atoms with Gasteiger partial charge in [-0.2, -0.15) is 0 Å². The topological polar surface area (TPSA) is 39.2 Å². The molecule has 3 heteroatoms. The molecule has 0 saturated heterocycles. The normalized spacial score (nSPS) is 11.7. The molecule has 0 aliphatic heterocycles. The Hall–Kier alpha value is -2.16. The maximum atomic E-state index is 11.7. The van der Waals surface area contributed by atoms with Gasteiger partial charge in [-0.3, -0.25) is 4.98 Å². The van der Waals surface area contributed by atoms with Crippen LogP contribution in [0.1, 0.15) is 81.5 Å². The Morgan fingerprint density at radius 2 is 1.59 bits per heavy atom. The lowest BCUT2D eigenvalue weighted by Crippen LogP contribution is -2.06. The molecule has 0 saturated carbocycles. The predicted octanol–water partition coefficient (Wildman–Crippen LogP) is 6.83. The number of ether oxygens (including phenoxy) is 1. The molecule has 0 bridgehead atoms. The second-order valence-electron chi connectivity index (χ2n) is 6.61. The van der Waals surface area contributed by atoms with Gasteiger partial charge < -0.3 is 4.74 Å². The predicted molar refractivity (Wildman–Crippen MR) is 114 cm³/mol. The minimum absolute atomic E-state index is 0.286. The summed E-state index contributed by atoms with van der Waals surface area (Å²) in [6.07, 6.45) is 28.1. The summed E-state index contributed by atoms with van der Waals surface area (Å²) in [5.41, 5.74) is 0.514. The number of allylic oxidation sites excluding steroid dienone is 6. The zero-order chi connectivity index (χ0) is 19.4. The summed E-state index contributed by atoms with van der Waals surface area (Å²) in [6.45, 7) is 2.72. The van der Waals surface area contributed by atoms with Crippen LogP contribution in [0, 0.1) is 0 Å². The molecule has 0 aliphatic carbocycles. The van der Waals surface area contributed by atoms with E-state index in [1.165, 1.54) is 31.9 Å². The first kappa shape index (κ1) is 22.9. The van der Waals surface area contributed by atoms with Crippen molar-refractivity contribution in [3.63, 3.8) is 0 Å². The maximum Gasteiger partial charge on any atom is 0.339 e. The first-order valence-corrected chi connectivity index (χ1v) is 10.4. The third-order valence-corrected chi connectivity index (χ3v) is 4.16. The number of carbonyl (C=O) groups excluding carboxylic acids is 1. The molecule has 0 unspecified atom stereocenters. The van der Waals surface area contributed by atoms with Crippen molar-refractivity contribution in [1.82, 2.24) is 4.98 Å². The van der Waals surface area contributed by atoms with Gasteiger partial charge in [0.2, 0.25) is 0 Å². The average molecular weight is 370 g/mol. The molecule has 1 heterocycles. The lowest BCUT2D eigenvalue weighted by atomic mass is 10.2. The van der Waals surface area contributed by atoms with Gasteiger partial charge in [0.1, 0.15) is 0 Å². The van der Waals surface area contributed by atoms with Crippen LogP contribution in [0.15, 0.2) is 61.0 Å². The molecule has 0 aromatic carbocycles. The Kier molecular flexibility index (Phi) is 14.6. The van der Waals surface area contributed by atoms with Crippen LogP contribution in [0.25, 0.3) is 0 Å². The number of aromatic nitrogens is 1. The highest BCUT2D eigenvalue weighted by molar-refractivity contribution is 5.88. The number of esters is 1. The van der Waals surface area contributed by atoms with Gasteiger partial charge in [-0.05, 0) is 63.5 Å². The van der Waals surface area contributed by atoms with Crippen LogP contribution in [0.4, 0.5) is 0 Å². The molecule has 3 nitrogen and oxygen atoms in total. The van der Waals surface area contributed by atoms with Gasteiger partial charge in [0, 0.05) is 12.4 Å². The molecule has 0 atom stereocenters. The van der Waals surface area contributed by atoms with Crippen LogP contribution in [-0.4, -0.2) is 17.6 Å². The fourth-order valence-corrected chi connectivity index (χ4v) is 2.56. The van der Waals surface area contributed by atoms with E-state index in [0.717, 1.165) is 38.5 Å². The lowest BCUT2D eigenvalue weighted by Gasteiger charge is -2.03. The van der Waals surface area contributed by atoms with Crippen LogP contribution in [0.2, 0.25) is 0 Å². The molecule has 0 amide bonds. The fraction of sp³-hybridized carbons (Fsp3) is 0.500. The summed E-state index contributed by atoms with van der Waals surface area (Å²) in [5, 5.41) is 0. The van der Waals surface area contributed by atoms with E-state index in [9.17, 15) is 4.79 Å². The zero-order valence-corrected chi connectivity index (χ0v) is 16.8. The van der Waals surface area contributed by atoms with Crippen molar-refractivity contribution in [1.29, 1.82) is 0 Å². The third kappa shape index (κ3) is 13.7. The Balaban J connectivity index is 1.90. The van der Waals surface area contributed by atoms with Gasteiger partial charge in [0.05, 0.1) is 12.2 Å². The molecule has 0 fully saturated rings. The van der Waals surface area contributed by atoms with Gasteiger partial charge in [0.15, 0.2) is 0 Å². The van der Waals surface area contributed by atoms with Gasteiger partial charge >= 0.3 is 5.97 Å². The van der Waals surface area contributed by atoms with E-state index in [0.29, 0.717) is 12.2 Å². The van der Waals surface area contributed by atoms with Crippen LogP contribution in [-0.2, 0) is 4.74 Å². The highest BCUT2D eigenvalue weighted by Gasteiger charge is 2.05. The van der Waals surface area contributed by atoms with E-state index in [4.69, 9.17) is 4.74 Å². The summed E-state index contributed by atoms with van der Waals surface area (Å²) in [5.74, 6) is -0.286. The van der Waals surface area contributed by atoms with Gasteiger partial charge in [-0.1, -0.05) is 56.2 Å².